The molecule has 0 spiro atoms. The Kier molecular flexibility index (Phi) is 2.24. The van der Waals surface area contributed by atoms with Gasteiger partial charge in [0, 0.05) is 5.92 Å². The molecule has 1 heteroatoms. The lowest BCUT2D eigenvalue weighted by atomic mass is 9.65. The zero-order chi connectivity index (χ0) is 11.2. The van der Waals surface area contributed by atoms with Gasteiger partial charge < -0.3 is 4.74 Å². The van der Waals surface area contributed by atoms with Crippen LogP contribution in [0.15, 0.2) is 35.6 Å². The SMILES string of the molecule is CC1(C)C2=C(C=CCC2)OC2CCC=CC21. The van der Waals surface area contributed by atoms with Crippen LogP contribution in [0.1, 0.15) is 39.5 Å². The minimum atomic E-state index is 0.278. The monoisotopic (exact) mass is 216 g/mol. The van der Waals surface area contributed by atoms with Gasteiger partial charge >= 0.3 is 0 Å². The molecule has 0 saturated carbocycles. The van der Waals surface area contributed by atoms with E-state index in [9.17, 15) is 0 Å². The first-order chi connectivity index (χ1) is 7.69. The second-order valence-corrected chi connectivity index (χ2v) is 5.69. The molecule has 0 N–H and O–H groups in total. The van der Waals surface area contributed by atoms with E-state index < -0.39 is 0 Å². The average molecular weight is 216 g/mol. The summed E-state index contributed by atoms with van der Waals surface area (Å²) in [6.07, 6.45) is 14.2. The van der Waals surface area contributed by atoms with Gasteiger partial charge in [0.05, 0.1) is 0 Å². The Hall–Kier alpha value is -0.980. The Morgan fingerprint density at radius 2 is 2.12 bits per heavy atom. The molecule has 0 aromatic heterocycles. The van der Waals surface area contributed by atoms with Crippen LogP contribution in [0.3, 0.4) is 0 Å². The summed E-state index contributed by atoms with van der Waals surface area (Å²) in [6, 6.07) is 0. The lowest BCUT2D eigenvalue weighted by Crippen LogP contribution is -2.42. The van der Waals surface area contributed by atoms with Crippen molar-refractivity contribution in [2.75, 3.05) is 0 Å². The van der Waals surface area contributed by atoms with Crippen LogP contribution in [0, 0.1) is 11.3 Å². The first-order valence-electron chi connectivity index (χ1n) is 6.43. The van der Waals surface area contributed by atoms with E-state index >= 15 is 0 Å². The summed E-state index contributed by atoms with van der Waals surface area (Å²) < 4.78 is 6.17. The maximum absolute atomic E-state index is 6.17. The summed E-state index contributed by atoms with van der Waals surface area (Å²) in [6.45, 7) is 4.77. The Labute approximate surface area is 97.9 Å². The normalized spacial score (nSPS) is 35.4. The fraction of sp³-hybridized carbons (Fsp3) is 0.600. The van der Waals surface area contributed by atoms with Gasteiger partial charge in [-0.2, -0.15) is 0 Å². The molecule has 3 aliphatic rings. The largest absolute Gasteiger partial charge is 0.490 e. The summed E-state index contributed by atoms with van der Waals surface area (Å²) in [7, 11) is 0. The zero-order valence-electron chi connectivity index (χ0n) is 10.2. The van der Waals surface area contributed by atoms with Crippen molar-refractivity contribution in [3.8, 4) is 0 Å². The molecule has 0 amide bonds. The van der Waals surface area contributed by atoms with E-state index in [1.165, 1.54) is 37.0 Å². The lowest BCUT2D eigenvalue weighted by molar-refractivity contribution is 0.00642. The van der Waals surface area contributed by atoms with Gasteiger partial charge in [-0.25, -0.2) is 0 Å². The molecule has 0 bridgehead atoms. The number of ether oxygens (including phenoxy) is 1. The highest BCUT2D eigenvalue weighted by molar-refractivity contribution is 5.34. The second-order valence-electron chi connectivity index (χ2n) is 5.69. The molecule has 2 atom stereocenters. The Bertz CT molecular complexity index is 384. The van der Waals surface area contributed by atoms with Gasteiger partial charge in [-0.3, -0.25) is 0 Å². The van der Waals surface area contributed by atoms with Crippen molar-refractivity contribution in [1.82, 2.24) is 0 Å². The summed E-state index contributed by atoms with van der Waals surface area (Å²) in [4.78, 5) is 0. The standard InChI is InChI=1S/C15H20O/c1-15(2)11-7-3-5-9-13(11)16-14-10-6-4-8-12(14)15/h3,6-7,10-11,13H,4-5,8-9H2,1-2H3. The molecule has 1 aliphatic heterocycles. The molecule has 3 rings (SSSR count). The molecule has 16 heavy (non-hydrogen) atoms. The molecule has 0 radical (unpaired) electrons. The Morgan fingerprint density at radius 3 is 3.00 bits per heavy atom. The molecule has 0 fully saturated rings. The molecule has 0 aromatic rings. The number of allylic oxidation sites excluding steroid dienone is 4. The minimum Gasteiger partial charge on any atom is -0.490 e. The third kappa shape index (κ3) is 1.37. The molecular formula is C15H20O. The highest BCUT2D eigenvalue weighted by Gasteiger charge is 2.44. The fourth-order valence-electron chi connectivity index (χ4n) is 3.40. The molecule has 0 aromatic carbocycles. The van der Waals surface area contributed by atoms with Crippen LogP contribution >= 0.6 is 0 Å². The number of fused-ring (bicyclic) bond motifs is 1. The van der Waals surface area contributed by atoms with E-state index in [2.05, 4.69) is 38.2 Å². The topological polar surface area (TPSA) is 9.23 Å². The van der Waals surface area contributed by atoms with Gasteiger partial charge in [0.25, 0.3) is 0 Å². The number of hydrogen-bond donors (Lipinski definition) is 0. The molecule has 2 aliphatic carbocycles. The third-order valence-corrected chi connectivity index (χ3v) is 4.38. The van der Waals surface area contributed by atoms with Crippen molar-refractivity contribution >= 4 is 0 Å². The first-order valence-corrected chi connectivity index (χ1v) is 6.43. The molecule has 0 saturated heterocycles. The Morgan fingerprint density at radius 1 is 1.25 bits per heavy atom. The van der Waals surface area contributed by atoms with Gasteiger partial charge in [0.2, 0.25) is 0 Å². The van der Waals surface area contributed by atoms with Crippen molar-refractivity contribution in [1.29, 1.82) is 0 Å². The van der Waals surface area contributed by atoms with E-state index in [4.69, 9.17) is 4.74 Å². The van der Waals surface area contributed by atoms with E-state index in [1.54, 1.807) is 0 Å². The summed E-state index contributed by atoms with van der Waals surface area (Å²) in [5.41, 5.74) is 1.81. The van der Waals surface area contributed by atoms with Crippen LogP contribution in [0.25, 0.3) is 0 Å². The summed E-state index contributed by atoms with van der Waals surface area (Å²) in [5, 5.41) is 0. The maximum atomic E-state index is 6.17. The van der Waals surface area contributed by atoms with Crippen molar-refractivity contribution in [3.63, 3.8) is 0 Å². The molecular weight excluding hydrogens is 196 g/mol. The minimum absolute atomic E-state index is 0.278. The zero-order valence-corrected chi connectivity index (χ0v) is 10.2. The van der Waals surface area contributed by atoms with Crippen molar-refractivity contribution < 1.29 is 4.74 Å². The van der Waals surface area contributed by atoms with Crippen LogP contribution in [0.5, 0.6) is 0 Å². The van der Waals surface area contributed by atoms with Gasteiger partial charge in [-0.1, -0.05) is 32.1 Å². The molecule has 1 nitrogen and oxygen atoms in total. The van der Waals surface area contributed by atoms with E-state index in [1.807, 2.05) is 0 Å². The highest BCUT2D eigenvalue weighted by atomic mass is 16.5. The predicted molar refractivity (Wildman–Crippen MR) is 65.9 cm³/mol. The van der Waals surface area contributed by atoms with Crippen LogP contribution in [-0.4, -0.2) is 6.10 Å². The number of rotatable bonds is 0. The van der Waals surface area contributed by atoms with Crippen LogP contribution in [0.2, 0.25) is 0 Å². The van der Waals surface area contributed by atoms with Gasteiger partial charge in [-0.15, -0.1) is 0 Å². The predicted octanol–water partition coefficient (Wildman–Crippen LogP) is 3.98. The average Bonchev–Trinajstić information content (AvgIpc) is 2.29. The lowest BCUT2D eigenvalue weighted by Gasteiger charge is -2.47. The summed E-state index contributed by atoms with van der Waals surface area (Å²) in [5.74, 6) is 1.75. The van der Waals surface area contributed by atoms with E-state index in [0.717, 1.165) is 0 Å². The molecule has 86 valence electrons. The van der Waals surface area contributed by atoms with Crippen LogP contribution < -0.4 is 0 Å². The van der Waals surface area contributed by atoms with E-state index in [0.29, 0.717) is 12.0 Å². The second kappa shape index (κ2) is 3.51. The highest BCUT2D eigenvalue weighted by Crippen LogP contribution is 2.50. The molecule has 1 heterocycles. The van der Waals surface area contributed by atoms with Crippen molar-refractivity contribution in [2.45, 2.75) is 45.6 Å². The van der Waals surface area contributed by atoms with Crippen molar-refractivity contribution in [2.24, 2.45) is 11.3 Å². The Balaban J connectivity index is 2.05. The van der Waals surface area contributed by atoms with Gasteiger partial charge in [0.15, 0.2) is 0 Å². The summed E-state index contributed by atoms with van der Waals surface area (Å²) >= 11 is 0. The quantitative estimate of drug-likeness (QED) is 0.556. The van der Waals surface area contributed by atoms with Crippen LogP contribution in [-0.2, 0) is 4.74 Å². The fourth-order valence-corrected chi connectivity index (χ4v) is 3.40. The van der Waals surface area contributed by atoms with Gasteiger partial charge in [-0.05, 0) is 42.7 Å². The smallest absolute Gasteiger partial charge is 0.119 e. The first kappa shape index (κ1) is 10.2. The van der Waals surface area contributed by atoms with Crippen molar-refractivity contribution in [3.05, 3.63) is 35.6 Å². The third-order valence-electron chi connectivity index (χ3n) is 4.38. The number of hydrogen-bond acceptors (Lipinski definition) is 1. The van der Waals surface area contributed by atoms with E-state index in [-0.39, 0.29) is 5.41 Å². The van der Waals surface area contributed by atoms with Gasteiger partial charge in [0.1, 0.15) is 11.9 Å². The molecule has 2 unspecified atom stereocenters. The van der Waals surface area contributed by atoms with Crippen LogP contribution in [0.4, 0.5) is 0 Å². The maximum Gasteiger partial charge on any atom is 0.119 e.